The van der Waals surface area contributed by atoms with Gasteiger partial charge in [0.2, 0.25) is 5.91 Å². The highest BCUT2D eigenvalue weighted by Gasteiger charge is 2.27. The number of carbonyl (C=O) groups excluding carboxylic acids is 1. The van der Waals surface area contributed by atoms with E-state index in [0.29, 0.717) is 12.8 Å². The summed E-state index contributed by atoms with van der Waals surface area (Å²) in [6.45, 7) is 3.92. The van der Waals surface area contributed by atoms with Crippen LogP contribution in [0.25, 0.3) is 0 Å². The lowest BCUT2D eigenvalue weighted by Crippen LogP contribution is -2.46. The van der Waals surface area contributed by atoms with Crippen molar-refractivity contribution in [3.8, 4) is 0 Å². The molecule has 0 spiro atoms. The fraction of sp³-hybridized carbons (Fsp3) is 0.837. The fourth-order valence-corrected chi connectivity index (χ4v) is 6.97. The minimum Gasteiger partial charge on any atom is -0.393 e. The Morgan fingerprint density at radius 1 is 0.642 bits per heavy atom. The Morgan fingerprint density at radius 3 is 1.57 bits per heavy atom. The van der Waals surface area contributed by atoms with Crippen LogP contribution in [-0.2, 0) is 18.4 Å². The summed E-state index contributed by atoms with van der Waals surface area (Å²) in [5.41, 5.74) is 5.35. The molecule has 4 atom stereocenters. The van der Waals surface area contributed by atoms with Gasteiger partial charge in [0, 0.05) is 6.54 Å². The van der Waals surface area contributed by atoms with Gasteiger partial charge in [-0.25, -0.2) is 4.57 Å². The monoisotopic (exact) mass is 771 g/mol. The number of rotatable bonds is 40. The van der Waals surface area contributed by atoms with Crippen LogP contribution in [0.2, 0.25) is 0 Å². The third-order valence-corrected chi connectivity index (χ3v) is 10.5. The molecule has 0 rings (SSSR count). The van der Waals surface area contributed by atoms with Crippen LogP contribution in [0.1, 0.15) is 194 Å². The number of aliphatic hydroxyl groups excluding tert-OH is 2. The number of hydrogen-bond acceptors (Lipinski definition) is 7. The third-order valence-electron chi connectivity index (χ3n) is 9.50. The topological polar surface area (TPSA) is 151 Å². The highest BCUT2D eigenvalue weighted by molar-refractivity contribution is 7.47. The molecule has 0 aliphatic heterocycles. The molecule has 53 heavy (non-hydrogen) atoms. The summed E-state index contributed by atoms with van der Waals surface area (Å²) in [4.78, 5) is 22.7. The molecule has 0 saturated heterocycles. The van der Waals surface area contributed by atoms with Gasteiger partial charge in [-0.3, -0.25) is 13.8 Å². The van der Waals surface area contributed by atoms with Crippen LogP contribution >= 0.6 is 7.82 Å². The number of aliphatic hydroxyl groups is 2. The molecule has 10 heteroatoms. The second kappa shape index (κ2) is 38.9. The molecule has 0 radical (unpaired) electrons. The van der Waals surface area contributed by atoms with E-state index < -0.39 is 38.6 Å². The van der Waals surface area contributed by atoms with E-state index in [4.69, 9.17) is 14.8 Å². The van der Waals surface area contributed by atoms with Crippen molar-refractivity contribution < 1.29 is 33.5 Å². The maximum absolute atomic E-state index is 12.8. The van der Waals surface area contributed by atoms with Crippen LogP contribution in [-0.4, -0.2) is 59.0 Å². The maximum Gasteiger partial charge on any atom is 0.472 e. The minimum absolute atomic E-state index is 0.0427. The zero-order valence-corrected chi connectivity index (χ0v) is 35.0. The Labute approximate surface area is 325 Å². The fourth-order valence-electron chi connectivity index (χ4n) is 6.21. The van der Waals surface area contributed by atoms with E-state index in [1.54, 1.807) is 6.08 Å². The number of phosphoric ester groups is 1. The van der Waals surface area contributed by atoms with Crippen LogP contribution in [0.15, 0.2) is 36.5 Å². The van der Waals surface area contributed by atoms with E-state index in [9.17, 15) is 24.5 Å². The van der Waals surface area contributed by atoms with Gasteiger partial charge in [-0.2, -0.15) is 0 Å². The Hall–Kier alpha value is -1.32. The van der Waals surface area contributed by atoms with E-state index in [-0.39, 0.29) is 19.6 Å². The second-order valence-corrected chi connectivity index (χ2v) is 16.2. The number of allylic oxidation sites excluding steroid dienone is 5. The molecular weight excluding hydrogens is 687 g/mol. The number of amides is 1. The predicted octanol–water partition coefficient (Wildman–Crippen LogP) is 10.9. The number of unbranched alkanes of at least 4 members (excludes halogenated alkanes) is 22. The molecule has 0 bridgehead atoms. The highest BCUT2D eigenvalue weighted by Crippen LogP contribution is 2.43. The van der Waals surface area contributed by atoms with E-state index in [2.05, 4.69) is 43.5 Å². The van der Waals surface area contributed by atoms with E-state index in [1.165, 1.54) is 116 Å². The van der Waals surface area contributed by atoms with Gasteiger partial charge in [-0.15, -0.1) is 0 Å². The molecule has 0 aromatic rings. The molecule has 0 aromatic carbocycles. The van der Waals surface area contributed by atoms with Gasteiger partial charge in [-0.1, -0.05) is 179 Å². The second-order valence-electron chi connectivity index (χ2n) is 14.7. The van der Waals surface area contributed by atoms with Crippen molar-refractivity contribution in [2.45, 2.75) is 212 Å². The van der Waals surface area contributed by atoms with Crippen LogP contribution in [0.5, 0.6) is 0 Å². The Morgan fingerprint density at radius 2 is 1.08 bits per heavy atom. The molecule has 1 amide bonds. The molecular formula is C43H83N2O7P. The summed E-state index contributed by atoms with van der Waals surface area (Å²) >= 11 is 0. The number of phosphoric acid groups is 1. The summed E-state index contributed by atoms with van der Waals surface area (Å²) in [5, 5.41) is 23.9. The predicted molar refractivity (Wildman–Crippen MR) is 223 cm³/mol. The van der Waals surface area contributed by atoms with Gasteiger partial charge in [0.15, 0.2) is 0 Å². The number of hydrogen-bond donors (Lipinski definition) is 5. The van der Waals surface area contributed by atoms with Gasteiger partial charge < -0.3 is 26.2 Å². The lowest BCUT2D eigenvalue weighted by atomic mass is 10.0. The van der Waals surface area contributed by atoms with Crippen molar-refractivity contribution >= 4 is 13.7 Å². The standard InChI is InChI=1S/C43H83N2O7P/c1-3-5-7-9-11-13-15-16-17-18-19-20-21-22-23-24-25-27-29-31-33-35-42(47)41(39-52-53(49,50)51-37-36-44)45-43(48)38-40(46)34-32-30-28-26-14-12-10-8-6-4-2/h21-22,25,27,33,35,40-42,46-47H,3-20,23-24,26,28-32,34,36-39,44H2,1-2H3,(H,45,48)(H,49,50)/b22-21+,27-25+,35-33+. The van der Waals surface area contributed by atoms with Crippen molar-refractivity contribution in [2.75, 3.05) is 19.8 Å². The van der Waals surface area contributed by atoms with E-state index in [0.717, 1.165) is 44.9 Å². The van der Waals surface area contributed by atoms with Gasteiger partial charge in [-0.05, 0) is 44.9 Å². The van der Waals surface area contributed by atoms with Gasteiger partial charge >= 0.3 is 7.82 Å². The zero-order valence-electron chi connectivity index (χ0n) is 34.1. The van der Waals surface area contributed by atoms with Gasteiger partial charge in [0.25, 0.3) is 0 Å². The molecule has 0 saturated carbocycles. The quantitative estimate of drug-likeness (QED) is 0.0235. The highest BCUT2D eigenvalue weighted by atomic mass is 31.2. The van der Waals surface area contributed by atoms with Crippen molar-refractivity contribution in [2.24, 2.45) is 5.73 Å². The number of nitrogens with two attached hydrogens (primary N) is 1. The van der Waals surface area contributed by atoms with Crippen LogP contribution in [0, 0.1) is 0 Å². The molecule has 0 fully saturated rings. The number of carbonyl (C=O) groups is 1. The first kappa shape index (κ1) is 51.7. The molecule has 312 valence electrons. The van der Waals surface area contributed by atoms with Crippen molar-refractivity contribution in [1.82, 2.24) is 5.32 Å². The van der Waals surface area contributed by atoms with Crippen LogP contribution in [0.4, 0.5) is 0 Å². The smallest absolute Gasteiger partial charge is 0.393 e. The maximum atomic E-state index is 12.8. The molecule has 0 aromatic heterocycles. The molecule has 0 heterocycles. The van der Waals surface area contributed by atoms with Crippen molar-refractivity contribution in [1.29, 1.82) is 0 Å². The molecule has 0 aliphatic rings. The molecule has 0 aliphatic carbocycles. The Bertz CT molecular complexity index is 946. The average molecular weight is 771 g/mol. The van der Waals surface area contributed by atoms with Gasteiger partial charge in [0.1, 0.15) is 0 Å². The molecule has 6 N–H and O–H groups in total. The Kier molecular flexibility index (Phi) is 38.0. The number of nitrogens with one attached hydrogen (secondary N) is 1. The van der Waals surface area contributed by atoms with E-state index >= 15 is 0 Å². The Balaban J connectivity index is 4.38. The van der Waals surface area contributed by atoms with Crippen molar-refractivity contribution in [3.05, 3.63) is 36.5 Å². The first-order chi connectivity index (χ1) is 25.8. The lowest BCUT2D eigenvalue weighted by Gasteiger charge is -2.24. The minimum atomic E-state index is -4.41. The SMILES string of the molecule is CCCCCCCCCCCCC/C=C/CC/C=C/CC/C=C/C(O)C(COP(=O)(O)OCCN)NC(=O)CC(O)CCCCCCCCCCCC. The first-order valence-corrected chi connectivity index (χ1v) is 23.2. The molecule has 9 nitrogen and oxygen atoms in total. The average Bonchev–Trinajstić information content (AvgIpc) is 3.13. The largest absolute Gasteiger partial charge is 0.472 e. The van der Waals surface area contributed by atoms with Gasteiger partial charge in [0.05, 0.1) is 37.9 Å². The third kappa shape index (κ3) is 37.4. The molecule has 4 unspecified atom stereocenters. The summed E-state index contributed by atoms with van der Waals surface area (Å²) in [7, 11) is -4.41. The van der Waals surface area contributed by atoms with Crippen molar-refractivity contribution in [3.63, 3.8) is 0 Å². The van der Waals surface area contributed by atoms with Crippen LogP contribution < -0.4 is 11.1 Å². The summed E-state index contributed by atoms with van der Waals surface area (Å²) in [6.07, 6.45) is 42.4. The lowest BCUT2D eigenvalue weighted by molar-refractivity contribution is -0.124. The zero-order chi connectivity index (χ0) is 39.1. The summed E-state index contributed by atoms with van der Waals surface area (Å²) < 4.78 is 22.0. The normalized spacial score (nSPS) is 15.1. The van der Waals surface area contributed by atoms with E-state index in [1.807, 2.05) is 6.08 Å². The summed E-state index contributed by atoms with van der Waals surface area (Å²) in [6, 6.07) is -1.00. The summed E-state index contributed by atoms with van der Waals surface area (Å²) in [5.74, 6) is -0.461. The first-order valence-electron chi connectivity index (χ1n) is 21.7. The van der Waals surface area contributed by atoms with Crippen LogP contribution in [0.3, 0.4) is 0 Å².